The number of thioether (sulfide) groups is 1. The number of carbonyl (C=O) groups excluding carboxylic acids is 1. The molecule has 2 aromatic rings. The summed E-state index contributed by atoms with van der Waals surface area (Å²) >= 11 is 7.32. The van der Waals surface area contributed by atoms with Crippen molar-refractivity contribution in [2.75, 3.05) is 12.3 Å². The molecular weight excluding hydrogens is 325 g/mol. The molecule has 2 aromatic carbocycles. The first-order valence-corrected chi connectivity index (χ1v) is 8.00. The molecule has 1 unspecified atom stereocenters. The predicted molar refractivity (Wildman–Crippen MR) is 86.5 cm³/mol. The number of hydrogen-bond acceptors (Lipinski definition) is 3. The van der Waals surface area contributed by atoms with Gasteiger partial charge in [-0.1, -0.05) is 35.9 Å². The summed E-state index contributed by atoms with van der Waals surface area (Å²) in [5.41, 5.74) is 0.430. The van der Waals surface area contributed by atoms with Gasteiger partial charge >= 0.3 is 0 Å². The Labute approximate surface area is 137 Å². The van der Waals surface area contributed by atoms with E-state index in [4.69, 9.17) is 11.6 Å². The largest absolute Gasteiger partial charge is 0.387 e. The number of rotatable bonds is 6. The van der Waals surface area contributed by atoms with Crippen molar-refractivity contribution < 1.29 is 14.3 Å². The van der Waals surface area contributed by atoms with E-state index >= 15 is 0 Å². The van der Waals surface area contributed by atoms with Gasteiger partial charge < -0.3 is 10.4 Å². The summed E-state index contributed by atoms with van der Waals surface area (Å²) in [4.78, 5) is 12.6. The third-order valence-electron chi connectivity index (χ3n) is 2.92. The van der Waals surface area contributed by atoms with E-state index in [-0.39, 0.29) is 18.2 Å². The van der Waals surface area contributed by atoms with Crippen LogP contribution >= 0.6 is 23.4 Å². The van der Waals surface area contributed by atoms with Crippen LogP contribution in [0.1, 0.15) is 11.7 Å². The van der Waals surface area contributed by atoms with Gasteiger partial charge in [-0.2, -0.15) is 0 Å². The fourth-order valence-electron chi connectivity index (χ4n) is 1.80. The Balaban J connectivity index is 1.79. The highest BCUT2D eigenvalue weighted by Crippen LogP contribution is 2.26. The SMILES string of the molecule is O=C(CSc1ccccc1Cl)NCC(O)c1cccc(F)c1. The molecule has 116 valence electrons. The average molecular weight is 340 g/mol. The fourth-order valence-corrected chi connectivity index (χ4v) is 2.87. The smallest absolute Gasteiger partial charge is 0.230 e. The normalized spacial score (nSPS) is 12.0. The summed E-state index contributed by atoms with van der Waals surface area (Å²) in [7, 11) is 0. The maximum Gasteiger partial charge on any atom is 0.230 e. The van der Waals surface area contributed by atoms with Crippen LogP contribution in [0.25, 0.3) is 0 Å². The minimum Gasteiger partial charge on any atom is -0.387 e. The second-order valence-corrected chi connectivity index (χ2v) is 6.02. The summed E-state index contributed by atoms with van der Waals surface area (Å²) in [6.07, 6.45) is -0.940. The highest BCUT2D eigenvalue weighted by atomic mass is 35.5. The minimum absolute atomic E-state index is 0.0331. The van der Waals surface area contributed by atoms with Crippen LogP contribution in [0.3, 0.4) is 0 Å². The highest BCUT2D eigenvalue weighted by molar-refractivity contribution is 8.00. The second kappa shape index (κ2) is 8.17. The Kier molecular flexibility index (Phi) is 6.24. The lowest BCUT2D eigenvalue weighted by atomic mass is 10.1. The van der Waals surface area contributed by atoms with E-state index in [2.05, 4.69) is 5.32 Å². The third kappa shape index (κ3) is 5.02. The topological polar surface area (TPSA) is 49.3 Å². The minimum atomic E-state index is -0.940. The molecule has 0 aliphatic heterocycles. The van der Waals surface area contributed by atoms with E-state index in [9.17, 15) is 14.3 Å². The van der Waals surface area contributed by atoms with E-state index in [0.717, 1.165) is 4.90 Å². The van der Waals surface area contributed by atoms with Gasteiger partial charge in [-0.3, -0.25) is 4.79 Å². The first-order chi connectivity index (χ1) is 10.6. The molecule has 0 radical (unpaired) electrons. The van der Waals surface area contributed by atoms with Crippen molar-refractivity contribution in [2.24, 2.45) is 0 Å². The number of hydrogen-bond donors (Lipinski definition) is 2. The summed E-state index contributed by atoms with van der Waals surface area (Å²) in [5, 5.41) is 13.1. The van der Waals surface area contributed by atoms with Gasteiger partial charge in [-0.25, -0.2) is 4.39 Å². The number of aliphatic hydroxyl groups excluding tert-OH is 1. The Morgan fingerprint density at radius 3 is 2.77 bits per heavy atom. The van der Waals surface area contributed by atoms with E-state index in [1.54, 1.807) is 12.1 Å². The lowest BCUT2D eigenvalue weighted by Gasteiger charge is -2.12. The predicted octanol–water partition coefficient (Wildman–Crippen LogP) is 3.42. The van der Waals surface area contributed by atoms with Crippen molar-refractivity contribution in [1.82, 2.24) is 5.32 Å². The Morgan fingerprint density at radius 1 is 1.27 bits per heavy atom. The summed E-state index contributed by atoms with van der Waals surface area (Å²) in [6, 6.07) is 12.9. The molecule has 0 saturated carbocycles. The summed E-state index contributed by atoms with van der Waals surface area (Å²) in [5.74, 6) is -0.447. The van der Waals surface area contributed by atoms with Crippen molar-refractivity contribution in [1.29, 1.82) is 0 Å². The molecule has 1 atom stereocenters. The molecule has 2 rings (SSSR count). The molecule has 0 aliphatic rings. The Morgan fingerprint density at radius 2 is 2.05 bits per heavy atom. The summed E-state index contributed by atoms with van der Waals surface area (Å²) in [6.45, 7) is 0.0331. The van der Waals surface area contributed by atoms with Gasteiger partial charge in [0.15, 0.2) is 0 Å². The Bertz CT molecular complexity index is 654. The van der Waals surface area contributed by atoms with Gasteiger partial charge in [-0.05, 0) is 29.8 Å². The van der Waals surface area contributed by atoms with Crippen molar-refractivity contribution >= 4 is 29.3 Å². The molecule has 0 aromatic heterocycles. The van der Waals surface area contributed by atoms with Crippen molar-refractivity contribution in [2.45, 2.75) is 11.0 Å². The van der Waals surface area contributed by atoms with E-state index in [1.165, 1.54) is 30.0 Å². The van der Waals surface area contributed by atoms with Gasteiger partial charge in [0.1, 0.15) is 5.82 Å². The van der Waals surface area contributed by atoms with Crippen LogP contribution in [-0.2, 0) is 4.79 Å². The maximum atomic E-state index is 13.1. The van der Waals surface area contributed by atoms with Gasteiger partial charge in [0, 0.05) is 11.4 Å². The summed E-state index contributed by atoms with van der Waals surface area (Å²) < 4.78 is 13.1. The molecule has 0 fully saturated rings. The molecule has 2 N–H and O–H groups in total. The van der Waals surface area contributed by atoms with Crippen LogP contribution in [0.2, 0.25) is 5.02 Å². The standard InChI is InChI=1S/C16H15ClFNO2S/c17-13-6-1-2-7-15(13)22-10-16(21)19-9-14(20)11-4-3-5-12(18)8-11/h1-8,14,20H,9-10H2,(H,19,21). The number of halogens is 2. The number of amides is 1. The van der Waals surface area contributed by atoms with Crippen molar-refractivity contribution in [3.05, 3.63) is 64.9 Å². The van der Waals surface area contributed by atoms with Crippen molar-refractivity contribution in [3.63, 3.8) is 0 Å². The number of nitrogens with one attached hydrogen (secondary N) is 1. The molecule has 22 heavy (non-hydrogen) atoms. The van der Waals surface area contributed by atoms with E-state index in [0.29, 0.717) is 10.6 Å². The first kappa shape index (κ1) is 16.8. The average Bonchev–Trinajstić information content (AvgIpc) is 2.52. The number of aliphatic hydroxyl groups is 1. The quantitative estimate of drug-likeness (QED) is 0.793. The van der Waals surface area contributed by atoms with Crippen LogP contribution in [0.15, 0.2) is 53.4 Å². The zero-order valence-corrected chi connectivity index (χ0v) is 13.2. The number of benzene rings is 2. The lowest BCUT2D eigenvalue weighted by Crippen LogP contribution is -2.29. The molecular formula is C16H15ClFNO2S. The van der Waals surface area contributed by atoms with Crippen LogP contribution < -0.4 is 5.32 Å². The molecule has 0 saturated heterocycles. The van der Waals surface area contributed by atoms with Gasteiger partial charge in [0.2, 0.25) is 5.91 Å². The monoisotopic (exact) mass is 339 g/mol. The maximum absolute atomic E-state index is 13.1. The van der Waals surface area contributed by atoms with Crippen LogP contribution in [0.5, 0.6) is 0 Å². The van der Waals surface area contributed by atoms with Gasteiger partial charge in [0.25, 0.3) is 0 Å². The van der Waals surface area contributed by atoms with Crippen LogP contribution in [-0.4, -0.2) is 23.3 Å². The van der Waals surface area contributed by atoms with Crippen LogP contribution in [0, 0.1) is 5.82 Å². The molecule has 6 heteroatoms. The molecule has 0 aliphatic carbocycles. The van der Waals surface area contributed by atoms with Crippen LogP contribution in [0.4, 0.5) is 4.39 Å². The number of carbonyl (C=O) groups is 1. The molecule has 0 bridgehead atoms. The molecule has 0 heterocycles. The molecule has 0 spiro atoms. The first-order valence-electron chi connectivity index (χ1n) is 6.64. The second-order valence-electron chi connectivity index (χ2n) is 4.59. The Hall–Kier alpha value is -1.56. The van der Waals surface area contributed by atoms with E-state index < -0.39 is 11.9 Å². The van der Waals surface area contributed by atoms with E-state index in [1.807, 2.05) is 18.2 Å². The third-order valence-corrected chi connectivity index (χ3v) is 4.44. The molecule has 1 amide bonds. The molecule has 3 nitrogen and oxygen atoms in total. The van der Waals surface area contributed by atoms with Gasteiger partial charge in [-0.15, -0.1) is 11.8 Å². The van der Waals surface area contributed by atoms with Gasteiger partial charge in [0.05, 0.1) is 16.9 Å². The van der Waals surface area contributed by atoms with Crippen molar-refractivity contribution in [3.8, 4) is 0 Å². The lowest BCUT2D eigenvalue weighted by molar-refractivity contribution is -0.119. The fraction of sp³-hybridized carbons (Fsp3) is 0.188. The zero-order valence-electron chi connectivity index (χ0n) is 11.6. The zero-order chi connectivity index (χ0) is 15.9. The highest BCUT2D eigenvalue weighted by Gasteiger charge is 2.11.